The summed E-state index contributed by atoms with van der Waals surface area (Å²) in [6.45, 7) is 12.8. The first kappa shape index (κ1) is 15.8. The summed E-state index contributed by atoms with van der Waals surface area (Å²) < 4.78 is 8.11. The van der Waals surface area contributed by atoms with Crippen LogP contribution in [0.2, 0.25) is 19.1 Å². The predicted molar refractivity (Wildman–Crippen MR) is 87.1 cm³/mol. The van der Waals surface area contributed by atoms with Gasteiger partial charge in [0.2, 0.25) is 0 Å². The second kappa shape index (κ2) is 6.02. The minimum absolute atomic E-state index is 0.176. The minimum Gasteiger partial charge on any atom is -0.357 e. The number of ether oxygens (including phenoxy) is 1. The van der Waals surface area contributed by atoms with Gasteiger partial charge in [0.25, 0.3) is 0 Å². The Labute approximate surface area is 124 Å². The summed E-state index contributed by atoms with van der Waals surface area (Å²) in [5.41, 5.74) is 0.413. The Kier molecular flexibility index (Phi) is 4.75. The summed E-state index contributed by atoms with van der Waals surface area (Å²) in [5, 5.41) is 6.03. The number of aromatic nitrogens is 2. The Hall–Kier alpha value is -0.613. The highest BCUT2D eigenvalue weighted by Crippen LogP contribution is 2.27. The molecule has 1 aromatic heterocycles. The van der Waals surface area contributed by atoms with Gasteiger partial charge in [-0.05, 0) is 30.7 Å². The lowest BCUT2D eigenvalue weighted by molar-refractivity contribution is -0.0376. The summed E-state index contributed by atoms with van der Waals surface area (Å²) in [7, 11) is -1.45. The SMILES string of the molecule is CC(C)(C)CC[Si](C)(C)c1ccnn1C1CCCCO1. The van der Waals surface area contributed by atoms with Crippen molar-refractivity contribution in [1.29, 1.82) is 0 Å². The first-order valence-corrected chi connectivity index (χ1v) is 11.2. The Morgan fingerprint density at radius 3 is 2.70 bits per heavy atom. The van der Waals surface area contributed by atoms with E-state index < -0.39 is 8.07 Å². The highest BCUT2D eigenvalue weighted by molar-refractivity contribution is 6.89. The molecule has 0 aromatic carbocycles. The largest absolute Gasteiger partial charge is 0.357 e. The lowest BCUT2D eigenvalue weighted by Gasteiger charge is -2.31. The van der Waals surface area contributed by atoms with E-state index in [4.69, 9.17) is 4.74 Å². The van der Waals surface area contributed by atoms with Crippen LogP contribution >= 0.6 is 0 Å². The van der Waals surface area contributed by atoms with E-state index in [0.29, 0.717) is 5.41 Å². The van der Waals surface area contributed by atoms with Crippen molar-refractivity contribution >= 4 is 13.4 Å². The van der Waals surface area contributed by atoms with Crippen molar-refractivity contribution < 1.29 is 4.74 Å². The van der Waals surface area contributed by atoms with Crippen LogP contribution in [-0.2, 0) is 4.74 Å². The molecule has 4 heteroatoms. The van der Waals surface area contributed by atoms with Crippen LogP contribution in [0.3, 0.4) is 0 Å². The molecule has 1 unspecified atom stereocenters. The van der Waals surface area contributed by atoms with Crippen LogP contribution in [0.5, 0.6) is 0 Å². The summed E-state index contributed by atoms with van der Waals surface area (Å²) in [4.78, 5) is 0. The Bertz CT molecular complexity index is 428. The topological polar surface area (TPSA) is 27.1 Å². The van der Waals surface area contributed by atoms with Crippen molar-refractivity contribution in [2.45, 2.75) is 71.8 Å². The second-order valence-corrected chi connectivity index (χ2v) is 12.7. The molecule has 1 aromatic rings. The van der Waals surface area contributed by atoms with Gasteiger partial charge in [0.05, 0.1) is 0 Å². The van der Waals surface area contributed by atoms with E-state index >= 15 is 0 Å². The first-order chi connectivity index (χ1) is 9.30. The van der Waals surface area contributed by atoms with Crippen LogP contribution in [0, 0.1) is 5.41 Å². The fourth-order valence-corrected chi connectivity index (χ4v) is 5.79. The van der Waals surface area contributed by atoms with E-state index in [-0.39, 0.29) is 6.23 Å². The highest BCUT2D eigenvalue weighted by Gasteiger charge is 2.31. The molecule has 0 bridgehead atoms. The van der Waals surface area contributed by atoms with Gasteiger partial charge in [-0.1, -0.05) is 46.3 Å². The maximum atomic E-state index is 5.93. The molecule has 20 heavy (non-hydrogen) atoms. The molecule has 2 rings (SSSR count). The van der Waals surface area contributed by atoms with E-state index in [1.54, 1.807) is 0 Å². The van der Waals surface area contributed by atoms with E-state index in [1.165, 1.54) is 30.6 Å². The molecular weight excluding hydrogens is 264 g/mol. The van der Waals surface area contributed by atoms with E-state index in [9.17, 15) is 0 Å². The van der Waals surface area contributed by atoms with Crippen LogP contribution in [0.4, 0.5) is 0 Å². The molecule has 0 N–H and O–H groups in total. The van der Waals surface area contributed by atoms with Crippen LogP contribution in [-0.4, -0.2) is 24.5 Å². The third kappa shape index (κ3) is 3.95. The molecule has 114 valence electrons. The monoisotopic (exact) mass is 294 g/mol. The number of hydrogen-bond donors (Lipinski definition) is 0. The lowest BCUT2D eigenvalue weighted by Crippen LogP contribution is -2.48. The van der Waals surface area contributed by atoms with Crippen molar-refractivity contribution in [3.8, 4) is 0 Å². The predicted octanol–water partition coefficient (Wildman–Crippen LogP) is 3.93. The summed E-state index contributed by atoms with van der Waals surface area (Å²) in [6, 6.07) is 3.54. The van der Waals surface area contributed by atoms with Crippen LogP contribution in [0.15, 0.2) is 12.3 Å². The van der Waals surface area contributed by atoms with Crippen LogP contribution < -0.4 is 5.32 Å². The fraction of sp³-hybridized carbons (Fsp3) is 0.812. The van der Waals surface area contributed by atoms with E-state index in [1.807, 2.05) is 6.20 Å². The average molecular weight is 295 g/mol. The second-order valence-electron chi connectivity index (χ2n) is 7.93. The molecule has 3 nitrogen and oxygen atoms in total. The van der Waals surface area contributed by atoms with Crippen molar-refractivity contribution in [3.63, 3.8) is 0 Å². The molecule has 1 fully saturated rings. The van der Waals surface area contributed by atoms with Crippen LogP contribution in [0.1, 0.15) is 52.7 Å². The van der Waals surface area contributed by atoms with Crippen LogP contribution in [0.25, 0.3) is 0 Å². The van der Waals surface area contributed by atoms with Gasteiger partial charge in [0.15, 0.2) is 0 Å². The third-order valence-corrected chi connectivity index (χ3v) is 7.57. The molecule has 1 aliphatic rings. The van der Waals surface area contributed by atoms with Gasteiger partial charge >= 0.3 is 0 Å². The maximum Gasteiger partial charge on any atom is 0.149 e. The minimum atomic E-state index is -1.45. The number of nitrogens with zero attached hydrogens (tertiary/aromatic N) is 2. The molecule has 1 atom stereocenters. The standard InChI is InChI=1S/C16H30N2OSi/c1-16(2,3)10-13-20(4,5)15-9-11-17-18(15)14-8-6-7-12-19-14/h9,11,14H,6-8,10,12-13H2,1-5H3. The number of rotatable bonds is 4. The lowest BCUT2D eigenvalue weighted by atomic mass is 9.94. The zero-order chi connectivity index (χ0) is 14.8. The third-order valence-electron chi connectivity index (χ3n) is 4.29. The molecule has 2 heterocycles. The summed E-state index contributed by atoms with van der Waals surface area (Å²) in [6.07, 6.45) is 6.97. The van der Waals surface area contributed by atoms with E-state index in [0.717, 1.165) is 13.0 Å². The van der Waals surface area contributed by atoms with Gasteiger partial charge in [-0.25, -0.2) is 4.68 Å². The zero-order valence-corrected chi connectivity index (χ0v) is 14.8. The highest BCUT2D eigenvalue weighted by atomic mass is 28.3. The zero-order valence-electron chi connectivity index (χ0n) is 13.8. The van der Waals surface area contributed by atoms with Gasteiger partial charge < -0.3 is 4.74 Å². The van der Waals surface area contributed by atoms with Crippen molar-refractivity contribution in [2.75, 3.05) is 6.61 Å². The smallest absolute Gasteiger partial charge is 0.149 e. The van der Waals surface area contributed by atoms with Gasteiger partial charge in [0, 0.05) is 18.1 Å². The Morgan fingerprint density at radius 1 is 1.35 bits per heavy atom. The number of hydrogen-bond acceptors (Lipinski definition) is 2. The maximum absolute atomic E-state index is 5.93. The normalized spacial score (nSPS) is 21.1. The molecule has 1 aliphatic heterocycles. The average Bonchev–Trinajstić information content (AvgIpc) is 2.87. The van der Waals surface area contributed by atoms with Crippen molar-refractivity contribution in [2.24, 2.45) is 5.41 Å². The van der Waals surface area contributed by atoms with Gasteiger partial charge in [-0.3, -0.25) is 0 Å². The summed E-state index contributed by atoms with van der Waals surface area (Å²) >= 11 is 0. The molecule has 1 saturated heterocycles. The van der Waals surface area contributed by atoms with Crippen molar-refractivity contribution in [3.05, 3.63) is 12.3 Å². The first-order valence-electron chi connectivity index (χ1n) is 7.95. The van der Waals surface area contributed by atoms with Gasteiger partial charge in [-0.15, -0.1) is 0 Å². The summed E-state index contributed by atoms with van der Waals surface area (Å²) in [5.74, 6) is 0. The van der Waals surface area contributed by atoms with Gasteiger partial charge in [0.1, 0.15) is 14.3 Å². The Balaban J connectivity index is 2.13. The molecule has 0 aliphatic carbocycles. The molecular formula is C16H30N2OSi. The van der Waals surface area contributed by atoms with Crippen molar-refractivity contribution in [1.82, 2.24) is 9.78 Å². The van der Waals surface area contributed by atoms with E-state index in [2.05, 4.69) is 49.7 Å². The molecule has 0 amide bonds. The molecule has 0 radical (unpaired) electrons. The fourth-order valence-electron chi connectivity index (χ4n) is 2.81. The molecule has 0 spiro atoms. The molecule has 0 saturated carbocycles. The van der Waals surface area contributed by atoms with Gasteiger partial charge in [-0.2, -0.15) is 5.10 Å². The Morgan fingerprint density at radius 2 is 2.10 bits per heavy atom. The quantitative estimate of drug-likeness (QED) is 0.787.